The van der Waals surface area contributed by atoms with Gasteiger partial charge in [0.15, 0.2) is 0 Å². The Morgan fingerprint density at radius 1 is 1.14 bits per heavy atom. The Bertz CT molecular complexity index is 249. The van der Waals surface area contributed by atoms with E-state index in [0.717, 1.165) is 6.42 Å². The number of hydrogen-bond donors (Lipinski definition) is 0. The molecule has 2 saturated carbocycles. The molecule has 0 heterocycles. The van der Waals surface area contributed by atoms with Gasteiger partial charge in [-0.3, -0.25) is 4.79 Å². The highest BCUT2D eigenvalue weighted by Crippen LogP contribution is 2.52. The molecule has 1 spiro atoms. The maximum atomic E-state index is 12.3. The van der Waals surface area contributed by atoms with Crippen molar-refractivity contribution in [1.82, 2.24) is 0 Å². The SMILES string of the molecule is O=C1CCC12CCC(C(F)(F)F)CC2. The van der Waals surface area contributed by atoms with Crippen LogP contribution in [0, 0.1) is 11.3 Å². The van der Waals surface area contributed by atoms with Crippen LogP contribution in [-0.4, -0.2) is 12.0 Å². The molecule has 0 aliphatic heterocycles. The minimum absolute atomic E-state index is 0.148. The first kappa shape index (κ1) is 9.99. The zero-order valence-corrected chi connectivity index (χ0v) is 7.86. The largest absolute Gasteiger partial charge is 0.391 e. The number of halogens is 3. The molecule has 0 radical (unpaired) electrons. The third-order valence-electron chi connectivity index (χ3n) is 3.83. The predicted octanol–water partition coefficient (Wildman–Crippen LogP) is 3.09. The van der Waals surface area contributed by atoms with Crippen molar-refractivity contribution in [3.8, 4) is 0 Å². The summed E-state index contributed by atoms with van der Waals surface area (Å²) in [7, 11) is 0. The van der Waals surface area contributed by atoms with Crippen LogP contribution >= 0.6 is 0 Å². The fraction of sp³-hybridized carbons (Fsp3) is 0.900. The molecule has 2 aliphatic carbocycles. The van der Waals surface area contributed by atoms with Crippen molar-refractivity contribution in [1.29, 1.82) is 0 Å². The average Bonchev–Trinajstić information content (AvgIpc) is 2.14. The van der Waals surface area contributed by atoms with E-state index >= 15 is 0 Å². The molecular weight excluding hydrogens is 193 g/mol. The third-order valence-corrected chi connectivity index (χ3v) is 3.83. The van der Waals surface area contributed by atoms with E-state index in [0.29, 0.717) is 19.3 Å². The minimum Gasteiger partial charge on any atom is -0.299 e. The lowest BCUT2D eigenvalue weighted by atomic mass is 9.58. The van der Waals surface area contributed by atoms with Gasteiger partial charge in [0.2, 0.25) is 0 Å². The van der Waals surface area contributed by atoms with Crippen LogP contribution in [0.25, 0.3) is 0 Å². The molecule has 0 atom stereocenters. The summed E-state index contributed by atoms with van der Waals surface area (Å²) in [6.45, 7) is 0. The number of alkyl halides is 3. The van der Waals surface area contributed by atoms with Crippen molar-refractivity contribution < 1.29 is 18.0 Å². The summed E-state index contributed by atoms with van der Waals surface area (Å²) < 4.78 is 37.0. The zero-order chi connectivity index (χ0) is 10.4. The van der Waals surface area contributed by atoms with Gasteiger partial charge in [-0.05, 0) is 32.1 Å². The molecule has 2 aliphatic rings. The molecule has 1 nitrogen and oxygen atoms in total. The molecule has 2 fully saturated rings. The van der Waals surface area contributed by atoms with Gasteiger partial charge in [-0.15, -0.1) is 0 Å². The molecule has 0 unspecified atom stereocenters. The summed E-state index contributed by atoms with van der Waals surface area (Å²) in [5.74, 6) is -0.973. The summed E-state index contributed by atoms with van der Waals surface area (Å²) in [6.07, 6.45) is -1.46. The van der Waals surface area contributed by atoms with Crippen LogP contribution in [0.15, 0.2) is 0 Å². The van der Waals surface area contributed by atoms with Crippen LogP contribution in [0.3, 0.4) is 0 Å². The lowest BCUT2D eigenvalue weighted by Crippen LogP contribution is -2.45. The first-order chi connectivity index (χ1) is 6.44. The van der Waals surface area contributed by atoms with E-state index in [9.17, 15) is 18.0 Å². The van der Waals surface area contributed by atoms with E-state index in [4.69, 9.17) is 0 Å². The standard InChI is InChI=1S/C10H13F3O/c11-10(12,13)7-1-4-9(5-2-7)6-3-8(9)14/h7H,1-6H2. The van der Waals surface area contributed by atoms with E-state index in [1.807, 2.05) is 0 Å². The Hall–Kier alpha value is -0.540. The van der Waals surface area contributed by atoms with Crippen LogP contribution in [-0.2, 0) is 4.79 Å². The average molecular weight is 206 g/mol. The number of ketones is 1. The summed E-state index contributed by atoms with van der Waals surface area (Å²) in [5, 5.41) is 0. The van der Waals surface area contributed by atoms with Gasteiger partial charge in [-0.2, -0.15) is 13.2 Å². The number of rotatable bonds is 0. The van der Waals surface area contributed by atoms with Crippen LogP contribution in [0.2, 0.25) is 0 Å². The molecule has 2 rings (SSSR count). The van der Waals surface area contributed by atoms with Gasteiger partial charge >= 0.3 is 6.18 Å². The number of Topliss-reactive ketones (excluding diaryl/α,β-unsaturated/α-hetero) is 1. The summed E-state index contributed by atoms with van der Waals surface area (Å²) in [4.78, 5) is 11.3. The second kappa shape index (κ2) is 2.97. The monoisotopic (exact) mass is 206 g/mol. The van der Waals surface area contributed by atoms with Crippen molar-refractivity contribution in [2.45, 2.75) is 44.7 Å². The van der Waals surface area contributed by atoms with Crippen molar-refractivity contribution in [3.05, 3.63) is 0 Å². The maximum Gasteiger partial charge on any atom is 0.391 e. The van der Waals surface area contributed by atoms with Crippen LogP contribution in [0.4, 0.5) is 13.2 Å². The van der Waals surface area contributed by atoms with Crippen LogP contribution < -0.4 is 0 Å². The summed E-state index contributed by atoms with van der Waals surface area (Å²) in [6, 6.07) is 0. The zero-order valence-electron chi connectivity index (χ0n) is 7.86. The first-order valence-corrected chi connectivity index (χ1v) is 5.04. The normalized spacial score (nSPS) is 38.5. The van der Waals surface area contributed by atoms with E-state index in [1.54, 1.807) is 0 Å². The number of carbonyl (C=O) groups is 1. The highest BCUT2D eigenvalue weighted by atomic mass is 19.4. The van der Waals surface area contributed by atoms with Gasteiger partial charge in [0.25, 0.3) is 0 Å². The molecule has 0 bridgehead atoms. The molecule has 0 aromatic heterocycles. The molecule has 4 heteroatoms. The Labute approximate surface area is 80.7 Å². The van der Waals surface area contributed by atoms with E-state index in [-0.39, 0.29) is 24.0 Å². The predicted molar refractivity (Wildman–Crippen MR) is 44.7 cm³/mol. The number of hydrogen-bond acceptors (Lipinski definition) is 1. The quantitative estimate of drug-likeness (QED) is 0.595. The topological polar surface area (TPSA) is 17.1 Å². The van der Waals surface area contributed by atoms with Crippen molar-refractivity contribution in [2.24, 2.45) is 11.3 Å². The molecule has 0 amide bonds. The number of carbonyl (C=O) groups excluding carboxylic acids is 1. The van der Waals surface area contributed by atoms with Gasteiger partial charge in [0.1, 0.15) is 5.78 Å². The fourth-order valence-electron chi connectivity index (χ4n) is 2.61. The third kappa shape index (κ3) is 1.44. The summed E-state index contributed by atoms with van der Waals surface area (Å²) in [5.41, 5.74) is -0.332. The van der Waals surface area contributed by atoms with Crippen molar-refractivity contribution in [2.75, 3.05) is 0 Å². The molecule has 14 heavy (non-hydrogen) atoms. The van der Waals surface area contributed by atoms with Gasteiger partial charge in [0, 0.05) is 11.8 Å². The van der Waals surface area contributed by atoms with Crippen molar-refractivity contribution in [3.63, 3.8) is 0 Å². The van der Waals surface area contributed by atoms with Gasteiger partial charge < -0.3 is 0 Å². The van der Waals surface area contributed by atoms with E-state index < -0.39 is 12.1 Å². The Morgan fingerprint density at radius 2 is 1.71 bits per heavy atom. The van der Waals surface area contributed by atoms with Gasteiger partial charge in [0.05, 0.1) is 5.92 Å². The van der Waals surface area contributed by atoms with Gasteiger partial charge in [-0.1, -0.05) is 0 Å². The fourth-order valence-corrected chi connectivity index (χ4v) is 2.61. The Kier molecular flexibility index (Phi) is 2.12. The summed E-state index contributed by atoms with van der Waals surface area (Å²) >= 11 is 0. The molecule has 0 saturated heterocycles. The lowest BCUT2D eigenvalue weighted by Gasteiger charge is -2.45. The van der Waals surface area contributed by atoms with E-state index in [1.165, 1.54) is 0 Å². The van der Waals surface area contributed by atoms with Crippen LogP contribution in [0.1, 0.15) is 38.5 Å². The highest BCUT2D eigenvalue weighted by Gasteiger charge is 2.51. The maximum absolute atomic E-state index is 12.3. The highest BCUT2D eigenvalue weighted by molar-refractivity contribution is 5.90. The molecular formula is C10H13F3O. The van der Waals surface area contributed by atoms with E-state index in [2.05, 4.69) is 0 Å². The van der Waals surface area contributed by atoms with Crippen LogP contribution in [0.5, 0.6) is 0 Å². The second-order valence-corrected chi connectivity index (χ2v) is 4.52. The first-order valence-electron chi connectivity index (χ1n) is 5.04. The van der Waals surface area contributed by atoms with Crippen molar-refractivity contribution >= 4 is 5.78 Å². The Morgan fingerprint density at radius 3 is 2.00 bits per heavy atom. The molecule has 0 N–H and O–H groups in total. The smallest absolute Gasteiger partial charge is 0.299 e. The minimum atomic E-state index is -4.06. The lowest BCUT2D eigenvalue weighted by molar-refractivity contribution is -0.191. The molecule has 0 aromatic rings. The molecule has 80 valence electrons. The van der Waals surface area contributed by atoms with Gasteiger partial charge in [-0.25, -0.2) is 0 Å². The second-order valence-electron chi connectivity index (χ2n) is 4.52. The Balaban J connectivity index is 1.96. The molecule has 0 aromatic carbocycles.